The van der Waals surface area contributed by atoms with Crippen LogP contribution in [0.2, 0.25) is 0 Å². The highest BCUT2D eigenvalue weighted by atomic mass is 16.2. The number of aromatic nitrogens is 1. The summed E-state index contributed by atoms with van der Waals surface area (Å²) in [4.78, 5) is 31.5. The zero-order valence-corrected chi connectivity index (χ0v) is 16.2. The van der Waals surface area contributed by atoms with Gasteiger partial charge in [0.25, 0.3) is 5.56 Å². The number of benzene rings is 2. The Morgan fingerprint density at radius 2 is 1.66 bits per heavy atom. The Hall–Kier alpha value is -3.12. The van der Waals surface area contributed by atoms with Crippen LogP contribution in [0.5, 0.6) is 0 Å². The number of hydrogen-bond acceptors (Lipinski definition) is 3. The molecule has 6 nitrogen and oxygen atoms in total. The van der Waals surface area contributed by atoms with E-state index in [4.69, 9.17) is 0 Å². The van der Waals surface area contributed by atoms with Crippen LogP contribution >= 0.6 is 0 Å². The van der Waals surface area contributed by atoms with Crippen LogP contribution < -0.4 is 10.9 Å². The number of pyridine rings is 1. The van der Waals surface area contributed by atoms with E-state index in [1.165, 1.54) is 5.56 Å². The van der Waals surface area contributed by atoms with Crippen LogP contribution in [0.4, 0.5) is 4.79 Å². The Morgan fingerprint density at radius 3 is 2.41 bits per heavy atom. The molecule has 3 aromatic rings. The van der Waals surface area contributed by atoms with E-state index in [-0.39, 0.29) is 17.0 Å². The SMILES string of the molecule is O=C(NCc1c[nH]c(=O)c2ccccc12)N1CC2(CN(Cc3ccccc3)C2)C1. The lowest BCUT2D eigenvalue weighted by Crippen LogP contribution is -2.73. The predicted molar refractivity (Wildman–Crippen MR) is 113 cm³/mol. The van der Waals surface area contributed by atoms with E-state index in [9.17, 15) is 9.59 Å². The van der Waals surface area contributed by atoms with Gasteiger partial charge >= 0.3 is 6.03 Å². The minimum atomic E-state index is -0.106. The first-order chi connectivity index (χ1) is 14.1. The summed E-state index contributed by atoms with van der Waals surface area (Å²) in [6.07, 6.45) is 1.69. The molecule has 2 aliphatic rings. The second kappa shape index (κ2) is 7.04. The van der Waals surface area contributed by atoms with E-state index in [0.29, 0.717) is 11.9 Å². The summed E-state index contributed by atoms with van der Waals surface area (Å²) in [6, 6.07) is 17.9. The van der Waals surface area contributed by atoms with Gasteiger partial charge in [0.05, 0.1) is 0 Å². The number of carbonyl (C=O) groups excluding carboxylic acids is 1. The van der Waals surface area contributed by atoms with Crippen molar-refractivity contribution in [2.24, 2.45) is 5.41 Å². The molecule has 2 fully saturated rings. The highest BCUT2D eigenvalue weighted by Gasteiger charge is 2.52. The molecule has 0 bridgehead atoms. The molecule has 2 amide bonds. The summed E-state index contributed by atoms with van der Waals surface area (Å²) in [7, 11) is 0. The van der Waals surface area contributed by atoms with Crippen molar-refractivity contribution >= 4 is 16.8 Å². The number of H-pyrrole nitrogens is 1. The third-order valence-electron chi connectivity index (χ3n) is 6.03. The minimum Gasteiger partial charge on any atom is -0.334 e. The van der Waals surface area contributed by atoms with Crippen LogP contribution in [0.25, 0.3) is 10.8 Å². The minimum absolute atomic E-state index is 0.0348. The molecule has 1 spiro atoms. The van der Waals surface area contributed by atoms with Gasteiger partial charge in [-0.25, -0.2) is 4.79 Å². The zero-order chi connectivity index (χ0) is 19.8. The molecule has 0 aliphatic carbocycles. The molecule has 0 saturated carbocycles. The summed E-state index contributed by atoms with van der Waals surface area (Å²) in [5.74, 6) is 0. The van der Waals surface area contributed by atoms with Gasteiger partial charge in [0.2, 0.25) is 0 Å². The van der Waals surface area contributed by atoms with E-state index >= 15 is 0 Å². The molecular weight excluding hydrogens is 364 g/mol. The van der Waals surface area contributed by atoms with E-state index < -0.39 is 0 Å². The van der Waals surface area contributed by atoms with E-state index in [2.05, 4.69) is 39.5 Å². The van der Waals surface area contributed by atoms with Crippen molar-refractivity contribution in [3.63, 3.8) is 0 Å². The van der Waals surface area contributed by atoms with Gasteiger partial charge in [-0.1, -0.05) is 48.5 Å². The molecule has 2 N–H and O–H groups in total. The molecule has 0 unspecified atom stereocenters. The van der Waals surface area contributed by atoms with Crippen molar-refractivity contribution in [3.05, 3.63) is 82.3 Å². The topological polar surface area (TPSA) is 68.4 Å². The number of aromatic amines is 1. The number of likely N-dealkylation sites (tertiary alicyclic amines) is 2. The van der Waals surface area contributed by atoms with Gasteiger partial charge in [0, 0.05) is 56.3 Å². The first-order valence-electron chi connectivity index (χ1n) is 10.0. The molecule has 1 aromatic heterocycles. The van der Waals surface area contributed by atoms with Crippen molar-refractivity contribution in [3.8, 4) is 0 Å². The summed E-state index contributed by atoms with van der Waals surface area (Å²) >= 11 is 0. The average Bonchev–Trinajstić information content (AvgIpc) is 2.69. The van der Waals surface area contributed by atoms with Crippen LogP contribution in [0, 0.1) is 5.41 Å². The van der Waals surface area contributed by atoms with Crippen LogP contribution in [-0.4, -0.2) is 47.0 Å². The highest BCUT2D eigenvalue weighted by molar-refractivity contribution is 5.85. The fourth-order valence-corrected chi connectivity index (χ4v) is 4.66. The van der Waals surface area contributed by atoms with Crippen LogP contribution in [0.1, 0.15) is 11.1 Å². The quantitative estimate of drug-likeness (QED) is 0.722. The maximum Gasteiger partial charge on any atom is 0.317 e. The van der Waals surface area contributed by atoms with E-state index in [1.54, 1.807) is 12.3 Å². The Labute approximate surface area is 169 Å². The number of amides is 2. The number of nitrogens with one attached hydrogen (secondary N) is 2. The Balaban J connectivity index is 1.13. The second-order valence-corrected chi connectivity index (χ2v) is 8.33. The van der Waals surface area contributed by atoms with Gasteiger partial charge in [-0.15, -0.1) is 0 Å². The van der Waals surface area contributed by atoms with Crippen molar-refractivity contribution in [2.45, 2.75) is 13.1 Å². The average molecular weight is 388 g/mol. The van der Waals surface area contributed by atoms with Crippen LogP contribution in [0.15, 0.2) is 65.6 Å². The smallest absolute Gasteiger partial charge is 0.317 e. The summed E-state index contributed by atoms with van der Waals surface area (Å²) < 4.78 is 0. The standard InChI is InChI=1S/C23H24N4O2/c28-21-20-9-5-4-8-19(20)18(10-24-21)11-25-22(29)27-15-23(16-27)13-26(14-23)12-17-6-2-1-3-7-17/h1-10H,11-16H2,(H,24,28)(H,25,29). The fourth-order valence-electron chi connectivity index (χ4n) is 4.66. The lowest BCUT2D eigenvalue weighted by atomic mass is 9.73. The monoisotopic (exact) mass is 388 g/mol. The Kier molecular flexibility index (Phi) is 4.36. The lowest BCUT2D eigenvalue weighted by Gasteiger charge is -2.60. The first-order valence-corrected chi connectivity index (χ1v) is 10.0. The zero-order valence-electron chi connectivity index (χ0n) is 16.2. The normalized spacial score (nSPS) is 17.7. The number of nitrogens with zero attached hydrogens (tertiary/aromatic N) is 2. The fraction of sp³-hybridized carbons (Fsp3) is 0.304. The van der Waals surface area contributed by atoms with Crippen molar-refractivity contribution in [1.29, 1.82) is 0 Å². The molecule has 5 rings (SSSR count). The Morgan fingerprint density at radius 1 is 0.966 bits per heavy atom. The van der Waals surface area contributed by atoms with Gasteiger partial charge in [-0.05, 0) is 22.6 Å². The summed E-state index contributed by atoms with van der Waals surface area (Å²) in [5, 5.41) is 4.53. The Bertz CT molecular complexity index is 1090. The molecule has 0 atom stereocenters. The molecule has 29 heavy (non-hydrogen) atoms. The van der Waals surface area contributed by atoms with Gasteiger partial charge in [0.15, 0.2) is 0 Å². The largest absolute Gasteiger partial charge is 0.334 e. The maximum absolute atomic E-state index is 12.5. The molecule has 6 heteroatoms. The number of rotatable bonds is 4. The van der Waals surface area contributed by atoms with Crippen molar-refractivity contribution in [2.75, 3.05) is 26.2 Å². The third-order valence-corrected chi connectivity index (χ3v) is 6.03. The van der Waals surface area contributed by atoms with Gasteiger partial charge in [-0.3, -0.25) is 9.69 Å². The summed E-state index contributed by atoms with van der Waals surface area (Å²) in [6.45, 7) is 5.12. The molecular formula is C23H24N4O2. The number of hydrogen-bond donors (Lipinski definition) is 2. The first kappa shape index (κ1) is 17.9. The number of urea groups is 1. The van der Waals surface area contributed by atoms with E-state index in [0.717, 1.165) is 43.7 Å². The third kappa shape index (κ3) is 3.40. The van der Waals surface area contributed by atoms with Crippen LogP contribution in [-0.2, 0) is 13.1 Å². The number of fused-ring (bicyclic) bond motifs is 1. The van der Waals surface area contributed by atoms with Crippen molar-refractivity contribution < 1.29 is 4.79 Å². The molecule has 3 heterocycles. The van der Waals surface area contributed by atoms with Gasteiger partial charge in [0.1, 0.15) is 0 Å². The van der Waals surface area contributed by atoms with Crippen molar-refractivity contribution in [1.82, 2.24) is 20.1 Å². The van der Waals surface area contributed by atoms with Crippen LogP contribution in [0.3, 0.4) is 0 Å². The highest BCUT2D eigenvalue weighted by Crippen LogP contribution is 2.40. The molecule has 2 aliphatic heterocycles. The van der Waals surface area contributed by atoms with E-state index in [1.807, 2.05) is 29.2 Å². The van der Waals surface area contributed by atoms with Gasteiger partial charge in [-0.2, -0.15) is 0 Å². The van der Waals surface area contributed by atoms with Gasteiger partial charge < -0.3 is 15.2 Å². The predicted octanol–water partition coefficient (Wildman–Crippen LogP) is 2.56. The molecule has 2 aromatic carbocycles. The number of carbonyl (C=O) groups is 1. The molecule has 148 valence electrons. The second-order valence-electron chi connectivity index (χ2n) is 8.33. The molecule has 2 saturated heterocycles. The summed E-state index contributed by atoms with van der Waals surface area (Å²) in [5.41, 5.74) is 2.42. The maximum atomic E-state index is 12.5. The molecule has 0 radical (unpaired) electrons. The lowest BCUT2D eigenvalue weighted by molar-refractivity contribution is -0.0983.